The molecule has 1 amide bonds. The monoisotopic (exact) mass is 453 g/mol. The van der Waals surface area contributed by atoms with Gasteiger partial charge in [-0.1, -0.05) is 29.5 Å². The Morgan fingerprint density at radius 3 is 2.69 bits per heavy atom. The molecule has 2 aliphatic heterocycles. The average Bonchev–Trinajstić information content (AvgIpc) is 3.32. The van der Waals surface area contributed by atoms with Crippen molar-refractivity contribution in [3.63, 3.8) is 0 Å². The number of carbonyl (C=O) groups excluding carboxylic acids is 1. The van der Waals surface area contributed by atoms with Crippen molar-refractivity contribution in [2.45, 2.75) is 57.5 Å². The van der Waals surface area contributed by atoms with Gasteiger partial charge in [0, 0.05) is 25.3 Å². The van der Waals surface area contributed by atoms with E-state index < -0.39 is 0 Å². The van der Waals surface area contributed by atoms with E-state index in [1.807, 2.05) is 44.7 Å². The second kappa shape index (κ2) is 8.04. The number of rotatable bonds is 3. The van der Waals surface area contributed by atoms with Crippen molar-refractivity contribution in [3.8, 4) is 5.69 Å². The number of benzene rings is 1. The van der Waals surface area contributed by atoms with Gasteiger partial charge < -0.3 is 9.64 Å². The summed E-state index contributed by atoms with van der Waals surface area (Å²) < 4.78 is 9.17. The number of nitrogens with zero attached hydrogens (tertiary/aromatic N) is 5. The maximum atomic E-state index is 13.4. The van der Waals surface area contributed by atoms with E-state index >= 15 is 0 Å². The van der Waals surface area contributed by atoms with Crippen molar-refractivity contribution in [1.29, 1.82) is 0 Å². The van der Waals surface area contributed by atoms with E-state index in [0.717, 1.165) is 11.3 Å². The molecule has 3 aromatic rings. The Hall–Kier alpha value is -2.65. The van der Waals surface area contributed by atoms with Crippen LogP contribution < -0.4 is 5.56 Å². The number of hydrogen-bond donors (Lipinski definition) is 0. The van der Waals surface area contributed by atoms with Gasteiger partial charge in [0.15, 0.2) is 10.8 Å². The van der Waals surface area contributed by atoms with Gasteiger partial charge in [0.1, 0.15) is 5.39 Å². The van der Waals surface area contributed by atoms with Crippen LogP contribution in [0.2, 0.25) is 0 Å². The summed E-state index contributed by atoms with van der Waals surface area (Å²) in [5.41, 5.74) is 3.58. The first-order chi connectivity index (χ1) is 15.3. The van der Waals surface area contributed by atoms with Crippen LogP contribution in [-0.4, -0.2) is 61.2 Å². The molecule has 0 radical (unpaired) electrons. The molecule has 2 aromatic heterocycles. The maximum Gasteiger partial charge on any atom is 0.265 e. The Labute approximate surface area is 190 Å². The summed E-state index contributed by atoms with van der Waals surface area (Å²) in [7, 11) is 0. The first-order valence-corrected chi connectivity index (χ1v) is 11.9. The van der Waals surface area contributed by atoms with Crippen molar-refractivity contribution in [3.05, 3.63) is 45.9 Å². The van der Waals surface area contributed by atoms with E-state index in [2.05, 4.69) is 11.2 Å². The molecule has 4 heterocycles. The molecular formula is C23H27N5O3S. The molecule has 1 fully saturated rings. The van der Waals surface area contributed by atoms with Crippen molar-refractivity contribution in [1.82, 2.24) is 24.2 Å². The van der Waals surface area contributed by atoms with Crippen LogP contribution in [0.5, 0.6) is 0 Å². The smallest absolute Gasteiger partial charge is 0.265 e. The van der Waals surface area contributed by atoms with E-state index in [4.69, 9.17) is 9.72 Å². The lowest BCUT2D eigenvalue weighted by Crippen LogP contribution is -2.48. The second-order valence-electron chi connectivity index (χ2n) is 8.88. The molecule has 168 valence electrons. The van der Waals surface area contributed by atoms with E-state index in [1.165, 1.54) is 17.3 Å². The van der Waals surface area contributed by atoms with Crippen LogP contribution in [0.25, 0.3) is 16.7 Å². The van der Waals surface area contributed by atoms with Crippen LogP contribution in [-0.2, 0) is 9.53 Å². The summed E-state index contributed by atoms with van der Waals surface area (Å²) >= 11 is 1.52. The number of hydrogen-bond acceptors (Lipinski definition) is 6. The van der Waals surface area contributed by atoms with E-state index in [9.17, 15) is 9.59 Å². The number of carbonyl (C=O) groups is 1. The van der Waals surface area contributed by atoms with Crippen LogP contribution in [0, 0.1) is 13.8 Å². The maximum absolute atomic E-state index is 13.4. The highest BCUT2D eigenvalue weighted by Crippen LogP contribution is 2.34. The van der Waals surface area contributed by atoms with Crippen LogP contribution in [0.15, 0.2) is 34.3 Å². The standard InChI is InChI=1S/C23H27N5O3S/c1-13-5-6-19(14(2)7-13)28-21-18(9-24-28)22(30)27-17(12-32-23(27)25-21)8-20(29)26-10-15(3)31-16(4)11-26/h5-7,9,15-17H,8,10-12H2,1-4H3. The van der Waals surface area contributed by atoms with Crippen molar-refractivity contribution < 1.29 is 9.53 Å². The zero-order valence-corrected chi connectivity index (χ0v) is 19.6. The molecule has 0 N–H and O–H groups in total. The summed E-state index contributed by atoms with van der Waals surface area (Å²) in [6.07, 6.45) is 1.92. The molecule has 5 rings (SSSR count). The predicted molar refractivity (Wildman–Crippen MR) is 124 cm³/mol. The summed E-state index contributed by atoms with van der Waals surface area (Å²) in [5.74, 6) is 0.718. The van der Waals surface area contributed by atoms with Crippen molar-refractivity contribution in [2.24, 2.45) is 0 Å². The Morgan fingerprint density at radius 2 is 1.97 bits per heavy atom. The molecule has 0 bridgehead atoms. The Morgan fingerprint density at radius 1 is 1.22 bits per heavy atom. The number of ether oxygens (including phenoxy) is 1. The van der Waals surface area contributed by atoms with Crippen molar-refractivity contribution in [2.75, 3.05) is 18.8 Å². The highest BCUT2D eigenvalue weighted by Gasteiger charge is 2.33. The number of aromatic nitrogens is 4. The van der Waals surface area contributed by atoms with E-state index in [-0.39, 0.29) is 36.1 Å². The topological polar surface area (TPSA) is 82.2 Å². The summed E-state index contributed by atoms with van der Waals surface area (Å²) in [4.78, 5) is 33.0. The number of amides is 1. The van der Waals surface area contributed by atoms with Crippen LogP contribution in [0.1, 0.15) is 37.4 Å². The molecule has 0 saturated carbocycles. The Balaban J connectivity index is 1.47. The predicted octanol–water partition coefficient (Wildman–Crippen LogP) is 2.87. The molecule has 3 unspecified atom stereocenters. The Bertz CT molecular complexity index is 1260. The van der Waals surface area contributed by atoms with Crippen LogP contribution in [0.4, 0.5) is 0 Å². The molecule has 8 nitrogen and oxygen atoms in total. The lowest BCUT2D eigenvalue weighted by Gasteiger charge is -2.35. The summed E-state index contributed by atoms with van der Waals surface area (Å²) in [6.45, 7) is 9.21. The molecule has 1 saturated heterocycles. The van der Waals surface area contributed by atoms with E-state index in [0.29, 0.717) is 35.0 Å². The average molecular weight is 454 g/mol. The second-order valence-corrected chi connectivity index (χ2v) is 9.87. The molecule has 9 heteroatoms. The zero-order chi connectivity index (χ0) is 22.6. The third kappa shape index (κ3) is 3.63. The lowest BCUT2D eigenvalue weighted by atomic mass is 10.1. The minimum Gasteiger partial charge on any atom is -0.372 e. The van der Waals surface area contributed by atoms with Gasteiger partial charge in [-0.2, -0.15) is 5.10 Å². The van der Waals surface area contributed by atoms with Crippen LogP contribution in [0.3, 0.4) is 0 Å². The van der Waals surface area contributed by atoms with E-state index in [1.54, 1.807) is 15.4 Å². The third-order valence-corrected chi connectivity index (χ3v) is 7.23. The minimum absolute atomic E-state index is 0.0213. The fourth-order valence-corrected chi connectivity index (χ4v) is 5.84. The first-order valence-electron chi connectivity index (χ1n) is 11.0. The lowest BCUT2D eigenvalue weighted by molar-refractivity contribution is -0.143. The van der Waals surface area contributed by atoms with Gasteiger partial charge in [-0.05, 0) is 39.3 Å². The number of aryl methyl sites for hydroxylation is 2. The molecule has 1 aromatic carbocycles. The minimum atomic E-state index is -0.204. The third-order valence-electron chi connectivity index (χ3n) is 6.13. The SMILES string of the molecule is Cc1ccc(-n2ncc3c(=O)n4c(nc32)SCC4CC(=O)N2CC(C)OC(C)C2)c(C)c1. The van der Waals surface area contributed by atoms with Gasteiger partial charge in [0.05, 0.1) is 30.1 Å². The van der Waals surface area contributed by atoms with Gasteiger partial charge in [0.25, 0.3) is 5.56 Å². The summed E-state index contributed by atoms with van der Waals surface area (Å²) in [6, 6.07) is 5.92. The number of thioether (sulfide) groups is 1. The highest BCUT2D eigenvalue weighted by atomic mass is 32.2. The zero-order valence-electron chi connectivity index (χ0n) is 18.7. The normalized spacial score (nSPS) is 23.0. The summed E-state index contributed by atoms with van der Waals surface area (Å²) in [5, 5.41) is 5.60. The van der Waals surface area contributed by atoms with Gasteiger partial charge in [-0.3, -0.25) is 14.2 Å². The van der Waals surface area contributed by atoms with Crippen molar-refractivity contribution >= 4 is 28.7 Å². The highest BCUT2D eigenvalue weighted by molar-refractivity contribution is 7.99. The fraction of sp³-hybridized carbons (Fsp3) is 0.478. The van der Waals surface area contributed by atoms with Gasteiger partial charge in [-0.15, -0.1) is 0 Å². The first kappa shape index (κ1) is 21.2. The number of morpholine rings is 1. The molecule has 0 spiro atoms. The largest absolute Gasteiger partial charge is 0.372 e. The number of fused-ring (bicyclic) bond motifs is 2. The molecule has 32 heavy (non-hydrogen) atoms. The Kier molecular flexibility index (Phi) is 5.33. The molecule has 0 aliphatic carbocycles. The van der Waals surface area contributed by atoms with Gasteiger partial charge >= 0.3 is 0 Å². The van der Waals surface area contributed by atoms with Gasteiger partial charge in [0.2, 0.25) is 5.91 Å². The molecule has 2 aliphatic rings. The van der Waals surface area contributed by atoms with Gasteiger partial charge in [-0.25, -0.2) is 9.67 Å². The van der Waals surface area contributed by atoms with Crippen LogP contribution >= 0.6 is 11.8 Å². The molecular weight excluding hydrogens is 426 g/mol. The fourth-order valence-electron chi connectivity index (χ4n) is 4.71. The molecule has 3 atom stereocenters. The quantitative estimate of drug-likeness (QED) is 0.567.